The Balaban J connectivity index is 2.12. The molecule has 0 bridgehead atoms. The van der Waals surface area contributed by atoms with Gasteiger partial charge in [0.2, 0.25) is 0 Å². The number of hydrogen-bond donors (Lipinski definition) is 2. The predicted octanol–water partition coefficient (Wildman–Crippen LogP) is 1.70. The molecule has 9 heteroatoms. The van der Waals surface area contributed by atoms with Crippen LogP contribution in [0.25, 0.3) is 0 Å². The van der Waals surface area contributed by atoms with E-state index in [2.05, 4.69) is 15.4 Å². The number of halogens is 1. The Morgan fingerprint density at radius 2 is 2.19 bits per heavy atom. The lowest BCUT2D eigenvalue weighted by atomic mass is 10.2. The van der Waals surface area contributed by atoms with Crippen LogP contribution in [0, 0.1) is 22.9 Å². The summed E-state index contributed by atoms with van der Waals surface area (Å²) in [6.45, 7) is 1.48. The predicted molar refractivity (Wildman–Crippen MR) is 72.0 cm³/mol. The molecule has 0 amide bonds. The van der Waals surface area contributed by atoms with Gasteiger partial charge in [-0.15, -0.1) is 0 Å². The number of nitrogens with one attached hydrogen (secondary N) is 1. The van der Waals surface area contributed by atoms with Crippen LogP contribution >= 0.6 is 0 Å². The molecule has 1 aromatic carbocycles. The van der Waals surface area contributed by atoms with Crippen molar-refractivity contribution in [3.8, 4) is 5.75 Å². The van der Waals surface area contributed by atoms with Crippen LogP contribution in [0.4, 0.5) is 15.9 Å². The Morgan fingerprint density at radius 3 is 2.76 bits per heavy atom. The van der Waals surface area contributed by atoms with Crippen molar-refractivity contribution in [1.29, 1.82) is 0 Å². The van der Waals surface area contributed by atoms with Crippen LogP contribution in [0.5, 0.6) is 5.75 Å². The van der Waals surface area contributed by atoms with Crippen LogP contribution < -0.4 is 16.0 Å². The molecule has 0 unspecified atom stereocenters. The molecule has 3 N–H and O–H groups in total. The number of nitrogens with two attached hydrogens (primary N) is 1. The first kappa shape index (κ1) is 14.6. The van der Waals surface area contributed by atoms with E-state index in [0.717, 1.165) is 6.07 Å². The van der Waals surface area contributed by atoms with Gasteiger partial charge >= 0.3 is 0 Å². The van der Waals surface area contributed by atoms with Gasteiger partial charge in [-0.05, 0) is 13.0 Å². The minimum absolute atomic E-state index is 0.0218. The maximum Gasteiger partial charge on any atom is 0.275 e. The largest absolute Gasteiger partial charge is 0.484 e. The first-order chi connectivity index (χ1) is 10.0. The van der Waals surface area contributed by atoms with Gasteiger partial charge in [0.25, 0.3) is 5.69 Å². The highest BCUT2D eigenvalue weighted by Gasteiger charge is 2.16. The maximum absolute atomic E-state index is 13.7. The van der Waals surface area contributed by atoms with Gasteiger partial charge in [-0.25, -0.2) is 15.2 Å². The van der Waals surface area contributed by atoms with Crippen molar-refractivity contribution in [3.63, 3.8) is 0 Å². The van der Waals surface area contributed by atoms with Crippen LogP contribution in [0.2, 0.25) is 0 Å². The summed E-state index contributed by atoms with van der Waals surface area (Å²) < 4.78 is 19.0. The number of nitrogen functional groups attached to an aromatic ring is 1. The van der Waals surface area contributed by atoms with Gasteiger partial charge < -0.3 is 10.2 Å². The molecule has 0 radical (unpaired) electrons. The number of ether oxygens (including phenoxy) is 1. The number of nitrogens with zero attached hydrogens (tertiary/aromatic N) is 3. The summed E-state index contributed by atoms with van der Waals surface area (Å²) >= 11 is 0. The lowest BCUT2D eigenvalue weighted by molar-refractivity contribution is -0.385. The van der Waals surface area contributed by atoms with Crippen molar-refractivity contribution in [2.75, 3.05) is 5.43 Å². The third kappa shape index (κ3) is 3.39. The second-order valence-electron chi connectivity index (χ2n) is 4.15. The van der Waals surface area contributed by atoms with Crippen LogP contribution in [0.15, 0.2) is 24.5 Å². The number of nitro groups is 1. The number of aromatic nitrogens is 2. The van der Waals surface area contributed by atoms with E-state index in [-0.39, 0.29) is 18.0 Å². The van der Waals surface area contributed by atoms with Crippen molar-refractivity contribution in [3.05, 3.63) is 51.7 Å². The molecule has 2 aromatic rings. The number of nitro benzene ring substituents is 1. The molecule has 0 saturated heterocycles. The summed E-state index contributed by atoms with van der Waals surface area (Å²) in [5.41, 5.74) is 2.80. The van der Waals surface area contributed by atoms with Gasteiger partial charge in [-0.1, -0.05) is 0 Å². The molecule has 110 valence electrons. The molecule has 0 atom stereocenters. The highest BCUT2D eigenvalue weighted by molar-refractivity contribution is 5.45. The van der Waals surface area contributed by atoms with E-state index < -0.39 is 10.7 Å². The highest BCUT2D eigenvalue weighted by atomic mass is 19.1. The number of rotatable bonds is 5. The quantitative estimate of drug-likeness (QED) is 0.489. The third-order valence-corrected chi connectivity index (χ3v) is 2.68. The van der Waals surface area contributed by atoms with Gasteiger partial charge in [-0.2, -0.15) is 0 Å². The van der Waals surface area contributed by atoms with Gasteiger partial charge in [-0.3, -0.25) is 15.1 Å². The summed E-state index contributed by atoms with van der Waals surface area (Å²) in [4.78, 5) is 18.0. The summed E-state index contributed by atoms with van der Waals surface area (Å²) in [6, 6.07) is 2.11. The smallest absolute Gasteiger partial charge is 0.275 e. The lowest BCUT2D eigenvalue weighted by Crippen LogP contribution is -2.09. The van der Waals surface area contributed by atoms with Crippen molar-refractivity contribution in [2.45, 2.75) is 13.5 Å². The molecule has 1 heterocycles. The Hall–Kier alpha value is -2.81. The Labute approximate surface area is 118 Å². The molecule has 0 aliphatic rings. The average molecular weight is 293 g/mol. The van der Waals surface area contributed by atoms with E-state index in [1.807, 2.05) is 0 Å². The Kier molecular flexibility index (Phi) is 4.24. The zero-order valence-electron chi connectivity index (χ0n) is 11.0. The highest BCUT2D eigenvalue weighted by Crippen LogP contribution is 2.27. The van der Waals surface area contributed by atoms with E-state index in [4.69, 9.17) is 10.6 Å². The second kappa shape index (κ2) is 6.09. The fraction of sp³-hybridized carbons (Fsp3) is 0.167. The third-order valence-electron chi connectivity index (χ3n) is 2.68. The molecule has 1 aromatic heterocycles. The topological polar surface area (TPSA) is 116 Å². The standard InChI is InChI=1S/C12H12FN5O3/c1-7-2-11(9(13)3-10(7)18(19)20)21-6-8-4-16-12(17-14)5-15-8/h2-5H,6,14H2,1H3,(H,16,17). The molecule has 2 rings (SSSR count). The second-order valence-corrected chi connectivity index (χ2v) is 4.15. The molecule has 0 spiro atoms. The maximum atomic E-state index is 13.7. The molecule has 0 saturated carbocycles. The average Bonchev–Trinajstić information content (AvgIpc) is 2.48. The molecular weight excluding hydrogens is 281 g/mol. The number of aryl methyl sites for hydroxylation is 1. The summed E-state index contributed by atoms with van der Waals surface area (Å²) in [6.07, 6.45) is 2.82. The Bertz CT molecular complexity index is 663. The van der Waals surface area contributed by atoms with Gasteiger partial charge in [0.1, 0.15) is 6.61 Å². The monoisotopic (exact) mass is 293 g/mol. The first-order valence-electron chi connectivity index (χ1n) is 5.86. The number of hydrazine groups is 1. The molecule has 0 fully saturated rings. The molecular formula is C12H12FN5O3. The SMILES string of the molecule is Cc1cc(OCc2cnc(NN)cn2)c(F)cc1[N+](=O)[O-]. The first-order valence-corrected chi connectivity index (χ1v) is 5.86. The zero-order chi connectivity index (χ0) is 15.4. The van der Waals surface area contributed by atoms with E-state index >= 15 is 0 Å². The number of benzene rings is 1. The van der Waals surface area contributed by atoms with Crippen molar-refractivity contribution < 1.29 is 14.1 Å². The minimum Gasteiger partial charge on any atom is -0.484 e. The van der Waals surface area contributed by atoms with Crippen LogP contribution in [0.3, 0.4) is 0 Å². The normalized spacial score (nSPS) is 10.2. The minimum atomic E-state index is -0.805. The number of anilines is 1. The van der Waals surface area contributed by atoms with E-state index in [0.29, 0.717) is 17.1 Å². The van der Waals surface area contributed by atoms with Crippen LogP contribution in [-0.4, -0.2) is 14.9 Å². The molecule has 0 aliphatic carbocycles. The van der Waals surface area contributed by atoms with Crippen LogP contribution in [-0.2, 0) is 6.61 Å². The summed E-state index contributed by atoms with van der Waals surface area (Å²) in [5.74, 6) is 4.65. The van der Waals surface area contributed by atoms with E-state index in [1.165, 1.54) is 25.4 Å². The van der Waals surface area contributed by atoms with E-state index in [1.54, 1.807) is 0 Å². The fourth-order valence-electron chi connectivity index (χ4n) is 1.61. The van der Waals surface area contributed by atoms with Crippen molar-refractivity contribution in [2.24, 2.45) is 5.84 Å². The fourth-order valence-corrected chi connectivity index (χ4v) is 1.61. The summed E-state index contributed by atoms with van der Waals surface area (Å²) in [7, 11) is 0. The lowest BCUT2D eigenvalue weighted by Gasteiger charge is -2.08. The van der Waals surface area contributed by atoms with Crippen LogP contribution in [0.1, 0.15) is 11.3 Å². The van der Waals surface area contributed by atoms with Crippen molar-refractivity contribution >= 4 is 11.5 Å². The van der Waals surface area contributed by atoms with Gasteiger partial charge in [0.05, 0.1) is 29.1 Å². The van der Waals surface area contributed by atoms with Gasteiger partial charge in [0.15, 0.2) is 17.4 Å². The Morgan fingerprint density at radius 1 is 1.43 bits per heavy atom. The van der Waals surface area contributed by atoms with Gasteiger partial charge in [0, 0.05) is 5.56 Å². The molecule has 8 nitrogen and oxygen atoms in total. The zero-order valence-corrected chi connectivity index (χ0v) is 11.0. The summed E-state index contributed by atoms with van der Waals surface area (Å²) in [5, 5.41) is 10.7. The van der Waals surface area contributed by atoms with Crippen molar-refractivity contribution in [1.82, 2.24) is 9.97 Å². The number of hydrogen-bond acceptors (Lipinski definition) is 7. The van der Waals surface area contributed by atoms with E-state index in [9.17, 15) is 14.5 Å². The molecule has 0 aliphatic heterocycles. The molecule has 21 heavy (non-hydrogen) atoms.